The molecule has 23 heavy (non-hydrogen) atoms. The molecule has 5 heteroatoms. The lowest BCUT2D eigenvalue weighted by Crippen LogP contribution is -2.03. The number of epoxide rings is 2. The van der Waals surface area contributed by atoms with Gasteiger partial charge in [-0.05, 0) is 48.5 Å². The number of rotatable bonds is 8. The summed E-state index contributed by atoms with van der Waals surface area (Å²) in [7, 11) is 0. The molecular formula is C18H18O5. The summed E-state index contributed by atoms with van der Waals surface area (Å²) < 4.78 is 27.2. The van der Waals surface area contributed by atoms with Crippen LogP contribution in [0, 0.1) is 0 Å². The van der Waals surface area contributed by atoms with Gasteiger partial charge in [0.1, 0.15) is 48.4 Å². The van der Waals surface area contributed by atoms with E-state index in [4.69, 9.17) is 23.7 Å². The average Bonchev–Trinajstić information content (AvgIpc) is 3.48. The zero-order chi connectivity index (χ0) is 15.5. The van der Waals surface area contributed by atoms with Crippen molar-refractivity contribution in [3.05, 3.63) is 48.5 Å². The van der Waals surface area contributed by atoms with Crippen LogP contribution in [0.2, 0.25) is 0 Å². The van der Waals surface area contributed by atoms with E-state index in [2.05, 4.69) is 0 Å². The van der Waals surface area contributed by atoms with Crippen LogP contribution in [0.4, 0.5) is 0 Å². The van der Waals surface area contributed by atoms with Gasteiger partial charge in [0.25, 0.3) is 0 Å². The van der Waals surface area contributed by atoms with E-state index in [1.807, 2.05) is 48.5 Å². The minimum Gasteiger partial charge on any atom is -0.491 e. The first kappa shape index (κ1) is 14.4. The predicted octanol–water partition coefficient (Wildman–Crippen LogP) is 3.03. The zero-order valence-corrected chi connectivity index (χ0v) is 12.6. The van der Waals surface area contributed by atoms with E-state index in [0.29, 0.717) is 13.2 Å². The van der Waals surface area contributed by atoms with Gasteiger partial charge >= 0.3 is 0 Å². The summed E-state index contributed by atoms with van der Waals surface area (Å²) >= 11 is 0. The highest BCUT2D eigenvalue weighted by molar-refractivity contribution is 5.37. The zero-order valence-electron chi connectivity index (χ0n) is 12.6. The Bertz CT molecular complexity index is 572. The van der Waals surface area contributed by atoms with E-state index < -0.39 is 0 Å². The van der Waals surface area contributed by atoms with Crippen LogP contribution >= 0.6 is 0 Å². The number of ether oxygens (including phenoxy) is 5. The highest BCUT2D eigenvalue weighted by atomic mass is 16.6. The Morgan fingerprint density at radius 3 is 1.35 bits per heavy atom. The van der Waals surface area contributed by atoms with Crippen molar-refractivity contribution >= 4 is 0 Å². The lowest BCUT2D eigenvalue weighted by Gasteiger charge is -2.09. The quantitative estimate of drug-likeness (QED) is 0.701. The van der Waals surface area contributed by atoms with Crippen molar-refractivity contribution in [2.45, 2.75) is 12.2 Å². The first-order valence-electron chi connectivity index (χ1n) is 7.72. The van der Waals surface area contributed by atoms with Gasteiger partial charge in [0.2, 0.25) is 0 Å². The van der Waals surface area contributed by atoms with Gasteiger partial charge in [0.05, 0.1) is 13.2 Å². The Morgan fingerprint density at radius 2 is 1.00 bits per heavy atom. The lowest BCUT2D eigenvalue weighted by atomic mass is 10.3. The van der Waals surface area contributed by atoms with Crippen LogP contribution in [0.15, 0.2) is 48.5 Å². The third kappa shape index (κ3) is 4.37. The monoisotopic (exact) mass is 314 g/mol. The lowest BCUT2D eigenvalue weighted by molar-refractivity contribution is 0.262. The van der Waals surface area contributed by atoms with Crippen molar-refractivity contribution in [2.75, 3.05) is 26.4 Å². The summed E-state index contributed by atoms with van der Waals surface area (Å²) in [6, 6.07) is 15.1. The van der Waals surface area contributed by atoms with Gasteiger partial charge < -0.3 is 23.7 Å². The molecule has 2 atom stereocenters. The standard InChI is InChI=1S/C18H18O5/c1-5-15(6-2-13(1)19-9-17-11-21-17)23-16-7-3-14(4-8-16)20-10-18-12-22-18/h1-8,17-18H,9-12H2. The summed E-state index contributed by atoms with van der Waals surface area (Å²) in [6.45, 7) is 2.81. The fourth-order valence-corrected chi connectivity index (χ4v) is 2.05. The molecular weight excluding hydrogens is 296 g/mol. The molecule has 2 aromatic rings. The molecule has 4 rings (SSSR count). The molecule has 0 N–H and O–H groups in total. The Labute approximate surface area is 134 Å². The molecule has 0 bridgehead atoms. The average molecular weight is 314 g/mol. The first-order valence-corrected chi connectivity index (χ1v) is 7.72. The second kappa shape index (κ2) is 6.48. The maximum absolute atomic E-state index is 5.80. The minimum atomic E-state index is 0.262. The normalized spacial score (nSPS) is 21.6. The second-order valence-corrected chi connectivity index (χ2v) is 5.58. The molecule has 0 spiro atoms. The van der Waals surface area contributed by atoms with E-state index in [0.717, 1.165) is 36.2 Å². The molecule has 0 aliphatic carbocycles. The maximum atomic E-state index is 5.80. The van der Waals surface area contributed by atoms with Gasteiger partial charge in [-0.3, -0.25) is 0 Å². The molecule has 2 aliphatic heterocycles. The Kier molecular flexibility index (Phi) is 4.05. The van der Waals surface area contributed by atoms with Crippen molar-refractivity contribution in [3.63, 3.8) is 0 Å². The van der Waals surface area contributed by atoms with E-state index in [1.54, 1.807) is 0 Å². The summed E-state index contributed by atoms with van der Waals surface area (Å²) in [5.41, 5.74) is 0. The van der Waals surface area contributed by atoms with Crippen LogP contribution in [0.3, 0.4) is 0 Å². The highest BCUT2D eigenvalue weighted by Gasteiger charge is 2.23. The fourth-order valence-electron chi connectivity index (χ4n) is 2.05. The first-order chi connectivity index (χ1) is 11.3. The van der Waals surface area contributed by atoms with Gasteiger partial charge in [0.15, 0.2) is 0 Å². The summed E-state index contributed by atoms with van der Waals surface area (Å²) in [4.78, 5) is 0. The largest absolute Gasteiger partial charge is 0.491 e. The molecule has 5 nitrogen and oxygen atoms in total. The van der Waals surface area contributed by atoms with Gasteiger partial charge in [-0.25, -0.2) is 0 Å². The highest BCUT2D eigenvalue weighted by Crippen LogP contribution is 2.26. The van der Waals surface area contributed by atoms with E-state index in [-0.39, 0.29) is 12.2 Å². The van der Waals surface area contributed by atoms with Crippen LogP contribution in [0.1, 0.15) is 0 Å². The van der Waals surface area contributed by atoms with Gasteiger partial charge in [-0.1, -0.05) is 0 Å². The molecule has 0 saturated carbocycles. The smallest absolute Gasteiger partial charge is 0.127 e. The number of hydrogen-bond donors (Lipinski definition) is 0. The number of benzene rings is 2. The molecule has 2 fully saturated rings. The number of hydrogen-bond acceptors (Lipinski definition) is 5. The molecule has 0 aromatic heterocycles. The molecule has 0 radical (unpaired) electrons. The predicted molar refractivity (Wildman–Crippen MR) is 83.4 cm³/mol. The third-order valence-corrected chi connectivity index (χ3v) is 3.56. The third-order valence-electron chi connectivity index (χ3n) is 3.56. The van der Waals surface area contributed by atoms with Gasteiger partial charge in [-0.2, -0.15) is 0 Å². The minimum absolute atomic E-state index is 0.262. The van der Waals surface area contributed by atoms with Crippen LogP contribution in [0.25, 0.3) is 0 Å². The molecule has 2 aliphatic rings. The molecule has 120 valence electrons. The topological polar surface area (TPSA) is 52.8 Å². The maximum Gasteiger partial charge on any atom is 0.127 e. The van der Waals surface area contributed by atoms with Crippen LogP contribution in [-0.4, -0.2) is 38.6 Å². The Hall–Kier alpha value is -2.24. The van der Waals surface area contributed by atoms with Crippen molar-refractivity contribution in [2.24, 2.45) is 0 Å². The van der Waals surface area contributed by atoms with E-state index >= 15 is 0 Å². The summed E-state index contributed by atoms with van der Waals surface area (Å²) in [5.74, 6) is 3.16. The molecule has 2 heterocycles. The van der Waals surface area contributed by atoms with Crippen molar-refractivity contribution in [3.8, 4) is 23.0 Å². The van der Waals surface area contributed by atoms with Crippen LogP contribution < -0.4 is 14.2 Å². The molecule has 2 unspecified atom stereocenters. The Balaban J connectivity index is 1.29. The molecule has 2 saturated heterocycles. The Morgan fingerprint density at radius 1 is 0.652 bits per heavy atom. The second-order valence-electron chi connectivity index (χ2n) is 5.58. The van der Waals surface area contributed by atoms with Crippen molar-refractivity contribution in [1.29, 1.82) is 0 Å². The molecule has 2 aromatic carbocycles. The van der Waals surface area contributed by atoms with E-state index in [1.165, 1.54) is 0 Å². The fraction of sp³-hybridized carbons (Fsp3) is 0.333. The van der Waals surface area contributed by atoms with Crippen molar-refractivity contribution < 1.29 is 23.7 Å². The summed E-state index contributed by atoms with van der Waals surface area (Å²) in [5, 5.41) is 0. The van der Waals surface area contributed by atoms with E-state index in [9.17, 15) is 0 Å². The molecule has 0 amide bonds. The SMILES string of the molecule is c1cc(Oc2ccc(OCC3CO3)cc2)ccc1OCC1CO1. The van der Waals surface area contributed by atoms with Crippen LogP contribution in [0.5, 0.6) is 23.0 Å². The summed E-state index contributed by atoms with van der Waals surface area (Å²) in [6.07, 6.45) is 0.524. The van der Waals surface area contributed by atoms with Gasteiger partial charge in [-0.15, -0.1) is 0 Å². The van der Waals surface area contributed by atoms with Crippen molar-refractivity contribution in [1.82, 2.24) is 0 Å². The van der Waals surface area contributed by atoms with Crippen LogP contribution in [-0.2, 0) is 9.47 Å². The van der Waals surface area contributed by atoms with Gasteiger partial charge in [0, 0.05) is 0 Å².